The molecule has 0 amide bonds. The van der Waals surface area contributed by atoms with Gasteiger partial charge in [0.2, 0.25) is 5.92 Å². The minimum atomic E-state index is -2.48. The van der Waals surface area contributed by atoms with E-state index in [1.165, 1.54) is 0 Å². The molecule has 0 heterocycles. The second-order valence-corrected chi connectivity index (χ2v) is 8.97. The number of hydrogen-bond donors (Lipinski definition) is 0. The van der Waals surface area contributed by atoms with Crippen LogP contribution in [0.3, 0.4) is 0 Å². The molecule has 0 fully saturated rings. The number of hydrogen-bond acceptors (Lipinski definition) is 0. The van der Waals surface area contributed by atoms with Gasteiger partial charge in [0.1, 0.15) is 0 Å². The van der Waals surface area contributed by atoms with Crippen LogP contribution in [-0.2, 0) is 0 Å². The molecule has 19 heavy (non-hydrogen) atoms. The first-order valence-electron chi connectivity index (χ1n) is 7.57. The van der Waals surface area contributed by atoms with E-state index in [9.17, 15) is 8.78 Å². The Kier molecular flexibility index (Phi) is 12.8. The van der Waals surface area contributed by atoms with Gasteiger partial charge in [-0.3, -0.25) is 0 Å². The molecule has 116 valence electrons. The Morgan fingerprint density at radius 3 is 1.47 bits per heavy atom. The quantitative estimate of drug-likeness (QED) is 0.152. The van der Waals surface area contributed by atoms with Crippen LogP contribution < -0.4 is 0 Å². The predicted octanol–water partition coefficient (Wildman–Crippen LogP) is 7.17. The van der Waals surface area contributed by atoms with E-state index < -0.39 is 5.92 Å². The van der Waals surface area contributed by atoms with Gasteiger partial charge in [0.05, 0.1) is 0 Å². The molecule has 0 radical (unpaired) electrons. The lowest BCUT2D eigenvalue weighted by molar-refractivity contribution is -0.0153. The van der Waals surface area contributed by atoms with E-state index in [0.29, 0.717) is 0 Å². The van der Waals surface area contributed by atoms with Crippen molar-refractivity contribution < 1.29 is 8.78 Å². The van der Waals surface area contributed by atoms with Gasteiger partial charge in [-0.15, -0.1) is 0 Å². The van der Waals surface area contributed by atoms with Gasteiger partial charge in [-0.1, -0.05) is 97.6 Å². The molecule has 4 heteroatoms. The SMILES string of the molecule is CCCCCC(I)CC(F)(F)CC(I)CCCCC. The molecule has 0 aliphatic rings. The van der Waals surface area contributed by atoms with Gasteiger partial charge in [-0.2, -0.15) is 0 Å². The molecule has 0 aromatic rings. The zero-order valence-corrected chi connectivity index (χ0v) is 16.6. The summed E-state index contributed by atoms with van der Waals surface area (Å²) in [6.45, 7) is 4.29. The second kappa shape index (κ2) is 11.9. The van der Waals surface area contributed by atoms with Crippen LogP contribution in [-0.4, -0.2) is 13.8 Å². The topological polar surface area (TPSA) is 0 Å². The average molecular weight is 500 g/mol. The maximum atomic E-state index is 13.9. The van der Waals surface area contributed by atoms with E-state index in [2.05, 4.69) is 59.0 Å². The molecule has 0 bridgehead atoms. The summed E-state index contributed by atoms with van der Waals surface area (Å²) in [6, 6.07) is 0. The highest BCUT2D eigenvalue weighted by Crippen LogP contribution is 2.34. The first-order valence-corrected chi connectivity index (χ1v) is 10.1. The lowest BCUT2D eigenvalue weighted by atomic mass is 10.0. The summed E-state index contributed by atoms with van der Waals surface area (Å²) < 4.78 is 28.1. The average Bonchev–Trinajstić information content (AvgIpc) is 2.28. The number of unbranched alkanes of at least 4 members (excludes halogenated alkanes) is 4. The Bertz CT molecular complexity index is 190. The molecule has 0 aliphatic heterocycles. The van der Waals surface area contributed by atoms with E-state index >= 15 is 0 Å². The van der Waals surface area contributed by atoms with Crippen LogP contribution >= 0.6 is 45.2 Å². The van der Waals surface area contributed by atoms with Crippen LogP contribution in [0.2, 0.25) is 0 Å². The van der Waals surface area contributed by atoms with Gasteiger partial charge >= 0.3 is 0 Å². The van der Waals surface area contributed by atoms with E-state index in [4.69, 9.17) is 0 Å². The van der Waals surface area contributed by atoms with Gasteiger partial charge in [-0.05, 0) is 12.8 Å². The third-order valence-electron chi connectivity index (χ3n) is 3.28. The third kappa shape index (κ3) is 12.8. The smallest absolute Gasteiger partial charge is 0.207 e. The predicted molar refractivity (Wildman–Crippen MR) is 98.1 cm³/mol. The molecular weight excluding hydrogens is 472 g/mol. The molecule has 0 aromatic heterocycles. The lowest BCUT2D eigenvalue weighted by Crippen LogP contribution is -2.25. The lowest BCUT2D eigenvalue weighted by Gasteiger charge is -2.22. The zero-order chi connectivity index (χ0) is 14.7. The molecule has 2 atom stereocenters. The first-order chi connectivity index (χ1) is 8.91. The van der Waals surface area contributed by atoms with Crippen LogP contribution in [0.1, 0.15) is 78.1 Å². The largest absolute Gasteiger partial charge is 0.250 e. The molecule has 0 spiro atoms. The van der Waals surface area contributed by atoms with E-state index in [0.717, 1.165) is 51.4 Å². The monoisotopic (exact) mass is 500 g/mol. The fourth-order valence-electron chi connectivity index (χ4n) is 2.17. The normalized spacial score (nSPS) is 15.5. The number of rotatable bonds is 12. The number of alkyl halides is 4. The minimum Gasteiger partial charge on any atom is -0.207 e. The van der Waals surface area contributed by atoms with Gasteiger partial charge in [-0.25, -0.2) is 8.78 Å². The van der Waals surface area contributed by atoms with Gasteiger partial charge in [0, 0.05) is 20.7 Å². The summed E-state index contributed by atoms with van der Waals surface area (Å²) in [6.07, 6.45) is 8.81. The van der Waals surface area contributed by atoms with Crippen molar-refractivity contribution in [1.29, 1.82) is 0 Å². The van der Waals surface area contributed by atoms with E-state index in [1.54, 1.807) is 0 Å². The van der Waals surface area contributed by atoms with Crippen molar-refractivity contribution >= 4 is 45.2 Å². The molecule has 2 unspecified atom stereocenters. The fourth-order valence-corrected chi connectivity index (χ4v) is 4.34. The highest BCUT2D eigenvalue weighted by molar-refractivity contribution is 14.1. The van der Waals surface area contributed by atoms with Crippen molar-refractivity contribution in [3.05, 3.63) is 0 Å². The fraction of sp³-hybridized carbons (Fsp3) is 1.00. The maximum absolute atomic E-state index is 13.9. The van der Waals surface area contributed by atoms with Crippen LogP contribution in [0.25, 0.3) is 0 Å². The summed E-state index contributed by atoms with van der Waals surface area (Å²) >= 11 is 4.41. The first kappa shape index (κ1) is 20.3. The van der Waals surface area contributed by atoms with Crippen LogP contribution in [0.15, 0.2) is 0 Å². The van der Waals surface area contributed by atoms with Crippen molar-refractivity contribution in [1.82, 2.24) is 0 Å². The summed E-state index contributed by atoms with van der Waals surface area (Å²) in [4.78, 5) is 0. The summed E-state index contributed by atoms with van der Waals surface area (Å²) in [5.41, 5.74) is 0. The van der Waals surface area contributed by atoms with E-state index in [-0.39, 0.29) is 20.7 Å². The molecule has 0 aromatic carbocycles. The van der Waals surface area contributed by atoms with Crippen LogP contribution in [0.5, 0.6) is 0 Å². The zero-order valence-electron chi connectivity index (χ0n) is 12.2. The Morgan fingerprint density at radius 1 is 0.789 bits per heavy atom. The Morgan fingerprint density at radius 2 is 1.16 bits per heavy atom. The molecule has 0 aliphatic carbocycles. The molecular formula is C15H28F2I2. The molecule has 0 nitrogen and oxygen atoms in total. The highest BCUT2D eigenvalue weighted by Gasteiger charge is 2.33. The Labute approximate surface area is 145 Å². The van der Waals surface area contributed by atoms with Crippen molar-refractivity contribution in [3.8, 4) is 0 Å². The summed E-state index contributed by atoms with van der Waals surface area (Å²) in [5.74, 6) is -2.48. The van der Waals surface area contributed by atoms with Crippen molar-refractivity contribution in [2.24, 2.45) is 0 Å². The summed E-state index contributed by atoms with van der Waals surface area (Å²) in [5, 5.41) is 0. The maximum Gasteiger partial charge on any atom is 0.250 e. The molecule has 0 rings (SSSR count). The molecule has 0 saturated carbocycles. The number of halogens is 4. The highest BCUT2D eigenvalue weighted by atomic mass is 127. The van der Waals surface area contributed by atoms with Gasteiger partial charge in [0.25, 0.3) is 0 Å². The Hall–Kier alpha value is 1.32. The molecule has 0 saturated heterocycles. The standard InChI is InChI=1S/C15H28F2I2/c1-3-5-7-9-13(18)11-15(16,17)12-14(19)10-8-6-4-2/h13-14H,3-12H2,1-2H3. The second-order valence-electron chi connectivity index (χ2n) is 5.45. The van der Waals surface area contributed by atoms with Crippen molar-refractivity contribution in [3.63, 3.8) is 0 Å². The van der Waals surface area contributed by atoms with Crippen molar-refractivity contribution in [2.45, 2.75) is 91.8 Å². The van der Waals surface area contributed by atoms with Crippen LogP contribution in [0.4, 0.5) is 8.78 Å². The van der Waals surface area contributed by atoms with Gasteiger partial charge in [0.15, 0.2) is 0 Å². The van der Waals surface area contributed by atoms with Gasteiger partial charge < -0.3 is 0 Å². The van der Waals surface area contributed by atoms with Crippen molar-refractivity contribution in [2.75, 3.05) is 0 Å². The Balaban J connectivity index is 3.87. The molecule has 0 N–H and O–H groups in total. The summed E-state index contributed by atoms with van der Waals surface area (Å²) in [7, 11) is 0. The van der Waals surface area contributed by atoms with E-state index in [1.807, 2.05) is 0 Å². The third-order valence-corrected chi connectivity index (χ3v) is 5.41. The van der Waals surface area contributed by atoms with Crippen LogP contribution in [0, 0.1) is 0 Å². The minimum absolute atomic E-state index is 0.0601.